The van der Waals surface area contributed by atoms with Gasteiger partial charge in [0.1, 0.15) is 6.17 Å². The van der Waals surface area contributed by atoms with Gasteiger partial charge in [-0.1, -0.05) is 40.2 Å². The van der Waals surface area contributed by atoms with Crippen molar-refractivity contribution in [2.45, 2.75) is 23.8 Å². The van der Waals surface area contributed by atoms with Gasteiger partial charge in [0.25, 0.3) is 0 Å². The van der Waals surface area contributed by atoms with Gasteiger partial charge in [0.15, 0.2) is 0 Å². The molecule has 1 aromatic rings. The highest BCUT2D eigenvalue weighted by atomic mass is 79.9. The van der Waals surface area contributed by atoms with Crippen LogP contribution >= 0.6 is 15.9 Å². The predicted octanol–water partition coefficient (Wildman–Crippen LogP) is 3.41. The number of halogens is 2. The highest BCUT2D eigenvalue weighted by Crippen LogP contribution is 2.36. The summed E-state index contributed by atoms with van der Waals surface area (Å²) < 4.78 is 13.5. The molecule has 0 N–H and O–H groups in total. The van der Waals surface area contributed by atoms with Crippen LogP contribution in [0.3, 0.4) is 0 Å². The van der Waals surface area contributed by atoms with Crippen molar-refractivity contribution in [1.82, 2.24) is 0 Å². The zero-order valence-corrected chi connectivity index (χ0v) is 8.22. The molecule has 0 nitrogen and oxygen atoms in total. The van der Waals surface area contributed by atoms with E-state index in [1.54, 1.807) is 0 Å². The molecule has 1 aliphatic rings. The van der Waals surface area contributed by atoms with Crippen LogP contribution < -0.4 is 0 Å². The molecule has 0 unspecified atom stereocenters. The molecule has 2 rings (SSSR count). The Kier molecular flexibility index (Phi) is 2.18. The Morgan fingerprint density at radius 3 is 2.92 bits per heavy atom. The molecule has 1 aromatic carbocycles. The molecular weight excluding hydrogens is 219 g/mol. The highest BCUT2D eigenvalue weighted by molar-refractivity contribution is 9.09. The molecule has 0 saturated heterocycles. The van der Waals surface area contributed by atoms with E-state index >= 15 is 0 Å². The molecule has 0 aliphatic heterocycles. The number of benzene rings is 1. The Balaban J connectivity index is 2.42. The lowest BCUT2D eigenvalue weighted by atomic mass is 9.90. The fraction of sp³-hybridized carbons (Fsp3) is 0.400. The number of hydrogen-bond donors (Lipinski definition) is 0. The second kappa shape index (κ2) is 3.17. The van der Waals surface area contributed by atoms with Gasteiger partial charge in [-0.25, -0.2) is 4.39 Å². The van der Waals surface area contributed by atoms with Crippen molar-refractivity contribution in [1.29, 1.82) is 0 Å². The van der Waals surface area contributed by atoms with Gasteiger partial charge in [-0.2, -0.15) is 0 Å². The van der Waals surface area contributed by atoms with Gasteiger partial charge >= 0.3 is 0 Å². The van der Waals surface area contributed by atoms with Crippen LogP contribution in [0.2, 0.25) is 0 Å². The summed E-state index contributed by atoms with van der Waals surface area (Å²) in [6.45, 7) is 0. The Morgan fingerprint density at radius 1 is 1.33 bits per heavy atom. The van der Waals surface area contributed by atoms with Gasteiger partial charge in [-0.15, -0.1) is 0 Å². The SMILES string of the molecule is F[C@@H]1c2ccccc2CC[C@H]1Br. The van der Waals surface area contributed by atoms with E-state index in [1.807, 2.05) is 24.3 Å². The van der Waals surface area contributed by atoms with E-state index in [2.05, 4.69) is 15.9 Å². The lowest BCUT2D eigenvalue weighted by Gasteiger charge is -2.23. The Bertz CT molecular complexity index is 285. The fourth-order valence-corrected chi connectivity index (χ4v) is 2.18. The quantitative estimate of drug-likeness (QED) is 0.598. The van der Waals surface area contributed by atoms with Crippen LogP contribution in [-0.4, -0.2) is 4.83 Å². The highest BCUT2D eigenvalue weighted by Gasteiger charge is 2.26. The average molecular weight is 229 g/mol. The third-order valence-electron chi connectivity index (χ3n) is 2.36. The van der Waals surface area contributed by atoms with Crippen LogP contribution in [0.5, 0.6) is 0 Å². The average Bonchev–Trinajstić information content (AvgIpc) is 2.12. The minimum Gasteiger partial charge on any atom is -0.241 e. The third kappa shape index (κ3) is 1.28. The maximum absolute atomic E-state index is 13.5. The van der Waals surface area contributed by atoms with E-state index in [9.17, 15) is 4.39 Å². The minimum absolute atomic E-state index is 0.00685. The lowest BCUT2D eigenvalue weighted by Crippen LogP contribution is -2.16. The molecule has 0 bridgehead atoms. The number of aryl methyl sites for hydroxylation is 1. The van der Waals surface area contributed by atoms with E-state index in [4.69, 9.17) is 0 Å². The second-order valence-electron chi connectivity index (χ2n) is 3.16. The smallest absolute Gasteiger partial charge is 0.138 e. The van der Waals surface area contributed by atoms with E-state index in [0.717, 1.165) is 18.4 Å². The maximum atomic E-state index is 13.5. The minimum atomic E-state index is -0.824. The topological polar surface area (TPSA) is 0 Å². The first-order chi connectivity index (χ1) is 5.79. The molecular formula is C10H10BrF. The largest absolute Gasteiger partial charge is 0.241 e. The Hall–Kier alpha value is -0.370. The molecule has 0 amide bonds. The van der Waals surface area contributed by atoms with Crippen molar-refractivity contribution in [3.8, 4) is 0 Å². The summed E-state index contributed by atoms with van der Waals surface area (Å²) in [6, 6.07) is 7.77. The summed E-state index contributed by atoms with van der Waals surface area (Å²) in [5.41, 5.74) is 2.03. The third-order valence-corrected chi connectivity index (χ3v) is 3.28. The molecule has 64 valence electrons. The van der Waals surface area contributed by atoms with Crippen molar-refractivity contribution in [2.75, 3.05) is 0 Å². The van der Waals surface area contributed by atoms with Gasteiger partial charge in [-0.3, -0.25) is 0 Å². The zero-order chi connectivity index (χ0) is 8.55. The van der Waals surface area contributed by atoms with Crippen LogP contribution in [0.15, 0.2) is 24.3 Å². The van der Waals surface area contributed by atoms with Gasteiger partial charge in [0.05, 0.1) is 4.83 Å². The van der Waals surface area contributed by atoms with Crippen molar-refractivity contribution in [2.24, 2.45) is 0 Å². The first kappa shape index (κ1) is 8.24. The molecule has 0 radical (unpaired) electrons. The normalized spacial score (nSPS) is 28.2. The summed E-state index contributed by atoms with van der Waals surface area (Å²) >= 11 is 3.35. The monoisotopic (exact) mass is 228 g/mol. The van der Waals surface area contributed by atoms with Crippen molar-refractivity contribution >= 4 is 15.9 Å². The molecule has 0 spiro atoms. The number of fused-ring (bicyclic) bond motifs is 1. The molecule has 0 saturated carbocycles. The van der Waals surface area contributed by atoms with Crippen molar-refractivity contribution in [3.05, 3.63) is 35.4 Å². The molecule has 0 heterocycles. The van der Waals surface area contributed by atoms with Crippen molar-refractivity contribution < 1.29 is 4.39 Å². The van der Waals surface area contributed by atoms with Crippen LogP contribution in [0.1, 0.15) is 23.7 Å². The first-order valence-corrected chi connectivity index (χ1v) is 5.06. The van der Waals surface area contributed by atoms with E-state index < -0.39 is 6.17 Å². The summed E-state index contributed by atoms with van der Waals surface area (Å²) in [6.07, 6.45) is 1.07. The molecule has 12 heavy (non-hydrogen) atoms. The van der Waals surface area contributed by atoms with Gasteiger partial charge in [0, 0.05) is 0 Å². The Morgan fingerprint density at radius 2 is 2.08 bits per heavy atom. The summed E-state index contributed by atoms with van der Waals surface area (Å²) in [5, 5.41) is 0. The van der Waals surface area contributed by atoms with Crippen LogP contribution in [0.25, 0.3) is 0 Å². The second-order valence-corrected chi connectivity index (χ2v) is 4.33. The zero-order valence-electron chi connectivity index (χ0n) is 6.63. The van der Waals surface area contributed by atoms with Crippen LogP contribution in [0.4, 0.5) is 4.39 Å². The molecule has 1 aliphatic carbocycles. The standard InChI is InChI=1S/C10H10BrF/c11-9-6-5-7-3-1-2-4-8(7)10(9)12/h1-4,9-10H,5-6H2/t9-,10-/m1/s1. The maximum Gasteiger partial charge on any atom is 0.138 e. The van der Waals surface area contributed by atoms with Crippen LogP contribution in [0, 0.1) is 0 Å². The van der Waals surface area contributed by atoms with E-state index in [0.29, 0.717) is 0 Å². The number of alkyl halides is 2. The summed E-state index contributed by atoms with van der Waals surface area (Å²) in [7, 11) is 0. The van der Waals surface area contributed by atoms with Gasteiger partial charge in [-0.05, 0) is 24.0 Å². The molecule has 2 atom stereocenters. The Labute approximate surface area is 79.9 Å². The molecule has 2 heteroatoms. The lowest BCUT2D eigenvalue weighted by molar-refractivity contribution is 0.315. The number of rotatable bonds is 0. The van der Waals surface area contributed by atoms with E-state index in [-0.39, 0.29) is 4.83 Å². The summed E-state index contributed by atoms with van der Waals surface area (Å²) in [4.78, 5) is 0.00685. The number of hydrogen-bond acceptors (Lipinski definition) is 0. The molecule has 0 aromatic heterocycles. The first-order valence-electron chi connectivity index (χ1n) is 4.15. The van der Waals surface area contributed by atoms with Crippen LogP contribution in [-0.2, 0) is 6.42 Å². The van der Waals surface area contributed by atoms with Gasteiger partial charge < -0.3 is 0 Å². The van der Waals surface area contributed by atoms with Gasteiger partial charge in [0.2, 0.25) is 0 Å². The van der Waals surface area contributed by atoms with E-state index in [1.165, 1.54) is 5.56 Å². The predicted molar refractivity (Wildman–Crippen MR) is 51.3 cm³/mol. The summed E-state index contributed by atoms with van der Waals surface area (Å²) in [5.74, 6) is 0. The molecule has 0 fully saturated rings. The fourth-order valence-electron chi connectivity index (χ4n) is 1.67. The van der Waals surface area contributed by atoms with Crippen molar-refractivity contribution in [3.63, 3.8) is 0 Å².